The van der Waals surface area contributed by atoms with Gasteiger partial charge < -0.3 is 10.6 Å². The molecule has 2 N–H and O–H groups in total. The van der Waals surface area contributed by atoms with Crippen LogP contribution in [0, 0.1) is 6.92 Å². The summed E-state index contributed by atoms with van der Waals surface area (Å²) in [5, 5.41) is 1.98. The molecule has 0 aromatic carbocycles. The van der Waals surface area contributed by atoms with Gasteiger partial charge in [0.15, 0.2) is 0 Å². The first-order valence-corrected chi connectivity index (χ1v) is 7.02. The molecule has 1 aromatic heterocycles. The number of hydrogen-bond donors (Lipinski definition) is 1. The topological polar surface area (TPSA) is 46.3 Å². The largest absolute Gasteiger partial charge is 0.331 e. The van der Waals surface area contributed by atoms with Crippen LogP contribution in [0.4, 0.5) is 0 Å². The zero-order valence-electron chi connectivity index (χ0n) is 10.5. The van der Waals surface area contributed by atoms with Crippen LogP contribution in [0.2, 0.25) is 0 Å². The van der Waals surface area contributed by atoms with Crippen LogP contribution in [0.15, 0.2) is 11.4 Å². The van der Waals surface area contributed by atoms with Crippen LogP contribution in [-0.4, -0.2) is 29.4 Å². The molecule has 1 atom stereocenters. The number of thiophene rings is 1. The van der Waals surface area contributed by atoms with Gasteiger partial charge in [-0.1, -0.05) is 0 Å². The number of nitrogens with two attached hydrogens (primary N) is 1. The van der Waals surface area contributed by atoms with Crippen molar-refractivity contribution in [2.24, 2.45) is 5.73 Å². The van der Waals surface area contributed by atoms with Gasteiger partial charge in [-0.25, -0.2) is 0 Å². The van der Waals surface area contributed by atoms with Crippen LogP contribution in [0.3, 0.4) is 0 Å². The fraction of sp³-hybridized carbons (Fsp3) is 0.615. The second kappa shape index (κ2) is 4.78. The Kier molecular flexibility index (Phi) is 3.54. The highest BCUT2D eigenvalue weighted by atomic mass is 32.1. The number of hydrogen-bond acceptors (Lipinski definition) is 3. The number of rotatable bonds is 2. The molecule has 1 aliphatic heterocycles. The average Bonchev–Trinajstić information content (AvgIpc) is 2.75. The SMILES string of the molecule is Cc1ccsc1C(=O)N1CCCCC1(C)CN. The second-order valence-corrected chi connectivity index (χ2v) is 5.96. The smallest absolute Gasteiger partial charge is 0.264 e. The van der Waals surface area contributed by atoms with Crippen molar-refractivity contribution in [1.82, 2.24) is 4.90 Å². The summed E-state index contributed by atoms with van der Waals surface area (Å²) < 4.78 is 0. The third-order valence-electron chi connectivity index (χ3n) is 3.74. The second-order valence-electron chi connectivity index (χ2n) is 5.05. The number of nitrogens with zero attached hydrogens (tertiary/aromatic N) is 1. The van der Waals surface area contributed by atoms with E-state index in [1.165, 1.54) is 17.8 Å². The molecule has 1 saturated heterocycles. The van der Waals surface area contributed by atoms with E-state index in [-0.39, 0.29) is 11.4 Å². The Hall–Kier alpha value is -0.870. The highest BCUT2D eigenvalue weighted by Crippen LogP contribution is 2.30. The predicted octanol–water partition coefficient (Wildman–Crippen LogP) is 2.40. The summed E-state index contributed by atoms with van der Waals surface area (Å²) in [6.45, 7) is 5.48. The standard InChI is InChI=1S/C13H20N2OS/c1-10-5-8-17-11(10)12(16)15-7-4-3-6-13(15,2)9-14/h5,8H,3-4,6-7,9,14H2,1-2H3. The van der Waals surface area contributed by atoms with Gasteiger partial charge in [-0.05, 0) is 50.1 Å². The quantitative estimate of drug-likeness (QED) is 0.878. The fourth-order valence-corrected chi connectivity index (χ4v) is 3.33. The summed E-state index contributed by atoms with van der Waals surface area (Å²) in [6.07, 6.45) is 3.27. The molecular formula is C13H20N2OS. The van der Waals surface area contributed by atoms with E-state index in [4.69, 9.17) is 5.73 Å². The van der Waals surface area contributed by atoms with Crippen molar-refractivity contribution in [3.63, 3.8) is 0 Å². The molecule has 1 aromatic rings. The van der Waals surface area contributed by atoms with Crippen molar-refractivity contribution in [3.8, 4) is 0 Å². The van der Waals surface area contributed by atoms with Crippen molar-refractivity contribution in [2.45, 2.75) is 38.6 Å². The molecule has 0 spiro atoms. The molecule has 0 bridgehead atoms. The third kappa shape index (κ3) is 2.24. The van der Waals surface area contributed by atoms with Gasteiger partial charge in [-0.15, -0.1) is 11.3 Å². The maximum Gasteiger partial charge on any atom is 0.264 e. The number of amides is 1. The van der Waals surface area contributed by atoms with Crippen molar-refractivity contribution in [3.05, 3.63) is 21.9 Å². The predicted molar refractivity (Wildman–Crippen MR) is 71.4 cm³/mol. The molecule has 2 heterocycles. The van der Waals surface area contributed by atoms with Crippen LogP contribution in [-0.2, 0) is 0 Å². The van der Waals surface area contributed by atoms with E-state index < -0.39 is 0 Å². The molecule has 0 saturated carbocycles. The molecule has 3 nitrogen and oxygen atoms in total. The normalized spacial score (nSPS) is 25.0. The maximum atomic E-state index is 12.5. The van der Waals surface area contributed by atoms with Gasteiger partial charge in [0.05, 0.1) is 10.4 Å². The summed E-state index contributed by atoms with van der Waals surface area (Å²) in [5.74, 6) is 0.158. The lowest BCUT2D eigenvalue weighted by atomic mass is 9.88. The molecular weight excluding hydrogens is 232 g/mol. The van der Waals surface area contributed by atoms with Crippen LogP contribution < -0.4 is 5.73 Å². The maximum absolute atomic E-state index is 12.5. The molecule has 4 heteroatoms. The van der Waals surface area contributed by atoms with Gasteiger partial charge in [0.25, 0.3) is 5.91 Å². The third-order valence-corrected chi connectivity index (χ3v) is 4.74. The van der Waals surface area contributed by atoms with Gasteiger partial charge in [0.2, 0.25) is 0 Å². The molecule has 0 radical (unpaired) electrons. The van der Waals surface area contributed by atoms with Gasteiger partial charge >= 0.3 is 0 Å². The number of piperidine rings is 1. The Labute approximate surface area is 107 Å². The zero-order valence-corrected chi connectivity index (χ0v) is 11.3. The molecule has 1 aliphatic rings. The van der Waals surface area contributed by atoms with Crippen LogP contribution in [0.25, 0.3) is 0 Å². The first-order chi connectivity index (χ1) is 8.08. The van der Waals surface area contributed by atoms with Gasteiger partial charge in [-0.3, -0.25) is 4.79 Å². The van der Waals surface area contributed by atoms with Crippen molar-refractivity contribution in [1.29, 1.82) is 0 Å². The Balaban J connectivity index is 2.26. The van der Waals surface area contributed by atoms with E-state index in [1.54, 1.807) is 0 Å². The van der Waals surface area contributed by atoms with Gasteiger partial charge in [-0.2, -0.15) is 0 Å². The van der Waals surface area contributed by atoms with Crippen molar-refractivity contribution < 1.29 is 4.79 Å². The average molecular weight is 252 g/mol. The van der Waals surface area contributed by atoms with Gasteiger partial charge in [0.1, 0.15) is 0 Å². The minimum Gasteiger partial charge on any atom is -0.331 e. The lowest BCUT2D eigenvalue weighted by Gasteiger charge is -2.44. The summed E-state index contributed by atoms with van der Waals surface area (Å²) in [6, 6.07) is 2.00. The van der Waals surface area contributed by atoms with E-state index in [2.05, 4.69) is 6.92 Å². The molecule has 0 aliphatic carbocycles. The van der Waals surface area contributed by atoms with E-state index in [0.29, 0.717) is 6.54 Å². The summed E-state index contributed by atoms with van der Waals surface area (Å²) >= 11 is 1.53. The summed E-state index contributed by atoms with van der Waals surface area (Å²) in [7, 11) is 0. The molecule has 17 heavy (non-hydrogen) atoms. The van der Waals surface area contributed by atoms with Crippen molar-refractivity contribution >= 4 is 17.2 Å². The Morgan fingerprint density at radius 1 is 1.59 bits per heavy atom. The Bertz CT molecular complexity index is 415. The summed E-state index contributed by atoms with van der Waals surface area (Å²) in [5.41, 5.74) is 6.78. The lowest BCUT2D eigenvalue weighted by Crippen LogP contribution is -2.56. The Morgan fingerprint density at radius 3 is 2.94 bits per heavy atom. The first-order valence-electron chi connectivity index (χ1n) is 6.14. The number of carbonyl (C=O) groups excluding carboxylic acids is 1. The molecule has 1 unspecified atom stereocenters. The highest BCUT2D eigenvalue weighted by molar-refractivity contribution is 7.12. The number of likely N-dealkylation sites (tertiary alicyclic amines) is 1. The molecule has 1 amide bonds. The summed E-state index contributed by atoms with van der Waals surface area (Å²) in [4.78, 5) is 15.4. The van der Waals surface area contributed by atoms with Crippen LogP contribution in [0.1, 0.15) is 41.4 Å². The molecule has 2 rings (SSSR count). The van der Waals surface area contributed by atoms with Crippen LogP contribution in [0.5, 0.6) is 0 Å². The van der Waals surface area contributed by atoms with E-state index in [0.717, 1.165) is 29.8 Å². The monoisotopic (exact) mass is 252 g/mol. The lowest BCUT2D eigenvalue weighted by molar-refractivity contribution is 0.0407. The van der Waals surface area contributed by atoms with Crippen LogP contribution >= 0.6 is 11.3 Å². The molecule has 1 fully saturated rings. The highest BCUT2D eigenvalue weighted by Gasteiger charge is 2.37. The molecule has 94 valence electrons. The zero-order chi connectivity index (χ0) is 12.5. The Morgan fingerprint density at radius 2 is 2.35 bits per heavy atom. The minimum atomic E-state index is -0.161. The minimum absolute atomic E-state index is 0.158. The van der Waals surface area contributed by atoms with E-state index in [9.17, 15) is 4.79 Å². The first kappa shape index (κ1) is 12.6. The van der Waals surface area contributed by atoms with Gasteiger partial charge in [0, 0.05) is 13.1 Å². The van der Waals surface area contributed by atoms with E-state index >= 15 is 0 Å². The fourth-order valence-electron chi connectivity index (χ4n) is 2.45. The number of carbonyl (C=O) groups is 1. The number of aryl methyl sites for hydroxylation is 1. The van der Waals surface area contributed by atoms with E-state index in [1.807, 2.05) is 23.3 Å². The van der Waals surface area contributed by atoms with Crippen molar-refractivity contribution in [2.75, 3.05) is 13.1 Å².